The average molecular weight is 399 g/mol. The summed E-state index contributed by atoms with van der Waals surface area (Å²) in [5, 5.41) is 2.84. The molecular weight excluding hydrogens is 367 g/mol. The van der Waals surface area contributed by atoms with Crippen molar-refractivity contribution in [2.75, 3.05) is 0 Å². The number of benzene rings is 2. The van der Waals surface area contributed by atoms with Gasteiger partial charge in [0.1, 0.15) is 11.9 Å². The number of nitrogens with one attached hydrogen (secondary N) is 1. The van der Waals surface area contributed by atoms with E-state index in [2.05, 4.69) is 24.4 Å². The summed E-state index contributed by atoms with van der Waals surface area (Å²) in [6.45, 7) is 7.59. The Hall–Kier alpha value is -2.69. The van der Waals surface area contributed by atoms with Crippen LogP contribution >= 0.6 is 0 Å². The summed E-state index contributed by atoms with van der Waals surface area (Å²) < 4.78 is 14.2. The van der Waals surface area contributed by atoms with Crippen molar-refractivity contribution >= 4 is 11.8 Å². The summed E-state index contributed by atoms with van der Waals surface area (Å²) in [5.41, 5.74) is 2.72. The second-order valence-corrected chi connectivity index (χ2v) is 7.62. The van der Waals surface area contributed by atoms with Gasteiger partial charge in [0, 0.05) is 24.6 Å². The van der Waals surface area contributed by atoms with Gasteiger partial charge in [0.2, 0.25) is 11.8 Å². The molecular formula is C24H31FN2O2. The van der Waals surface area contributed by atoms with Gasteiger partial charge in [-0.3, -0.25) is 9.59 Å². The third-order valence-corrected chi connectivity index (χ3v) is 4.96. The zero-order valence-corrected chi connectivity index (χ0v) is 17.7. The Bertz CT molecular complexity index is 818. The van der Waals surface area contributed by atoms with Gasteiger partial charge in [0.25, 0.3) is 0 Å². The van der Waals surface area contributed by atoms with Gasteiger partial charge in [-0.25, -0.2) is 4.39 Å². The van der Waals surface area contributed by atoms with Crippen LogP contribution in [-0.2, 0) is 29.0 Å². The van der Waals surface area contributed by atoms with E-state index < -0.39 is 6.04 Å². The van der Waals surface area contributed by atoms with Crippen molar-refractivity contribution in [1.29, 1.82) is 0 Å². The fraction of sp³-hybridized carbons (Fsp3) is 0.417. The predicted molar refractivity (Wildman–Crippen MR) is 114 cm³/mol. The molecule has 0 fully saturated rings. The second kappa shape index (κ2) is 10.7. The minimum Gasteiger partial charge on any atom is -0.352 e. The molecule has 0 radical (unpaired) electrons. The highest BCUT2D eigenvalue weighted by Gasteiger charge is 2.26. The largest absolute Gasteiger partial charge is 0.352 e. The highest BCUT2D eigenvalue weighted by molar-refractivity contribution is 5.87. The van der Waals surface area contributed by atoms with Crippen LogP contribution in [0, 0.1) is 5.82 Å². The number of carbonyl (C=O) groups excluding carboxylic acids is 2. The molecule has 0 aliphatic carbocycles. The van der Waals surface area contributed by atoms with Gasteiger partial charge < -0.3 is 10.2 Å². The molecule has 0 aromatic heterocycles. The van der Waals surface area contributed by atoms with E-state index in [1.807, 2.05) is 26.0 Å². The van der Waals surface area contributed by atoms with Crippen molar-refractivity contribution in [3.8, 4) is 0 Å². The van der Waals surface area contributed by atoms with E-state index >= 15 is 0 Å². The molecule has 1 atom stereocenters. The lowest BCUT2D eigenvalue weighted by molar-refractivity contribution is -0.140. The van der Waals surface area contributed by atoms with Crippen LogP contribution in [0.15, 0.2) is 48.5 Å². The van der Waals surface area contributed by atoms with Gasteiger partial charge in [-0.2, -0.15) is 0 Å². The maximum atomic E-state index is 14.2. The fourth-order valence-electron chi connectivity index (χ4n) is 3.13. The molecule has 2 rings (SSSR count). The minimum absolute atomic E-state index is 0.0348. The lowest BCUT2D eigenvalue weighted by atomic mass is 10.0. The summed E-state index contributed by atoms with van der Waals surface area (Å²) in [6, 6.07) is 13.8. The molecule has 0 unspecified atom stereocenters. The van der Waals surface area contributed by atoms with E-state index in [0.717, 1.165) is 12.0 Å². The Labute approximate surface area is 173 Å². The number of carbonyl (C=O) groups is 2. The molecule has 0 aliphatic heterocycles. The zero-order valence-electron chi connectivity index (χ0n) is 17.7. The number of nitrogens with zero attached hydrogens (tertiary/aromatic N) is 1. The molecule has 2 aromatic rings. The van der Waals surface area contributed by atoms with Crippen molar-refractivity contribution in [2.24, 2.45) is 0 Å². The first kappa shape index (κ1) is 22.6. The summed E-state index contributed by atoms with van der Waals surface area (Å²) >= 11 is 0. The van der Waals surface area contributed by atoms with Crippen molar-refractivity contribution in [2.45, 2.75) is 65.6 Å². The first-order valence-corrected chi connectivity index (χ1v) is 10.2. The Kier molecular flexibility index (Phi) is 8.37. The van der Waals surface area contributed by atoms with Crippen LogP contribution in [0.5, 0.6) is 0 Å². The number of amides is 2. The summed E-state index contributed by atoms with van der Waals surface area (Å²) in [5.74, 6) is -0.784. The highest BCUT2D eigenvalue weighted by Crippen LogP contribution is 2.16. The Morgan fingerprint density at radius 1 is 1.00 bits per heavy atom. The monoisotopic (exact) mass is 398 g/mol. The molecule has 1 N–H and O–H groups in total. The van der Waals surface area contributed by atoms with E-state index in [1.54, 1.807) is 25.1 Å². The van der Waals surface area contributed by atoms with Gasteiger partial charge in [-0.1, -0.05) is 49.4 Å². The second-order valence-electron chi connectivity index (χ2n) is 7.62. The molecule has 0 heterocycles. The lowest BCUT2D eigenvalue weighted by Crippen LogP contribution is -2.49. The Morgan fingerprint density at radius 3 is 2.21 bits per heavy atom. The maximum absolute atomic E-state index is 14.2. The van der Waals surface area contributed by atoms with Gasteiger partial charge >= 0.3 is 0 Å². The van der Waals surface area contributed by atoms with Crippen LogP contribution in [-0.4, -0.2) is 28.8 Å². The van der Waals surface area contributed by atoms with Crippen LogP contribution in [0.25, 0.3) is 0 Å². The standard InChI is InChI=1S/C24H31FN2O2/c1-5-19-10-12-20(13-11-19)14-15-23(28)27(18(4)24(29)26-17(2)3)16-21-8-6-7-9-22(21)25/h6-13,17-18H,5,14-16H2,1-4H3,(H,26,29)/t18-/m0/s1. The molecule has 4 nitrogen and oxygen atoms in total. The van der Waals surface area contributed by atoms with Crippen LogP contribution in [0.3, 0.4) is 0 Å². The molecule has 0 bridgehead atoms. The van der Waals surface area contributed by atoms with Crippen LogP contribution in [0.4, 0.5) is 4.39 Å². The lowest BCUT2D eigenvalue weighted by Gasteiger charge is -2.29. The molecule has 0 aliphatic rings. The summed E-state index contributed by atoms with van der Waals surface area (Å²) in [7, 11) is 0. The summed E-state index contributed by atoms with van der Waals surface area (Å²) in [4.78, 5) is 27.0. The van der Waals surface area contributed by atoms with E-state index in [1.165, 1.54) is 16.5 Å². The maximum Gasteiger partial charge on any atom is 0.242 e. The van der Waals surface area contributed by atoms with Gasteiger partial charge in [-0.15, -0.1) is 0 Å². The first-order valence-electron chi connectivity index (χ1n) is 10.2. The van der Waals surface area contributed by atoms with Crippen molar-refractivity contribution in [3.63, 3.8) is 0 Å². The average Bonchev–Trinajstić information content (AvgIpc) is 2.70. The fourth-order valence-corrected chi connectivity index (χ4v) is 3.13. The van der Waals surface area contributed by atoms with Crippen molar-refractivity contribution < 1.29 is 14.0 Å². The van der Waals surface area contributed by atoms with Crippen LogP contribution < -0.4 is 5.32 Å². The molecule has 156 valence electrons. The van der Waals surface area contributed by atoms with Crippen molar-refractivity contribution in [1.82, 2.24) is 10.2 Å². The van der Waals surface area contributed by atoms with Crippen LogP contribution in [0.2, 0.25) is 0 Å². The number of hydrogen-bond donors (Lipinski definition) is 1. The van der Waals surface area contributed by atoms with E-state index in [0.29, 0.717) is 12.0 Å². The van der Waals surface area contributed by atoms with E-state index in [-0.39, 0.29) is 36.6 Å². The molecule has 0 saturated carbocycles. The Morgan fingerprint density at radius 2 is 1.62 bits per heavy atom. The van der Waals surface area contributed by atoms with Gasteiger partial charge in [-0.05, 0) is 50.8 Å². The minimum atomic E-state index is -0.688. The van der Waals surface area contributed by atoms with Gasteiger partial charge in [0.15, 0.2) is 0 Å². The molecule has 0 spiro atoms. The number of rotatable bonds is 9. The zero-order chi connectivity index (χ0) is 21.4. The Balaban J connectivity index is 2.14. The van der Waals surface area contributed by atoms with E-state index in [9.17, 15) is 14.0 Å². The van der Waals surface area contributed by atoms with Crippen LogP contribution in [0.1, 0.15) is 50.8 Å². The molecule has 29 heavy (non-hydrogen) atoms. The molecule has 0 saturated heterocycles. The third-order valence-electron chi connectivity index (χ3n) is 4.96. The summed E-state index contributed by atoms with van der Waals surface area (Å²) in [6.07, 6.45) is 1.81. The molecule has 2 aromatic carbocycles. The van der Waals surface area contributed by atoms with Gasteiger partial charge in [0.05, 0.1) is 0 Å². The molecule has 2 amide bonds. The number of aryl methyl sites for hydroxylation is 2. The third kappa shape index (κ3) is 6.70. The number of halogens is 1. The SMILES string of the molecule is CCc1ccc(CCC(=O)N(Cc2ccccc2F)[C@@H](C)C(=O)NC(C)C)cc1. The predicted octanol–water partition coefficient (Wildman–Crippen LogP) is 4.26. The quantitative estimate of drug-likeness (QED) is 0.686. The smallest absolute Gasteiger partial charge is 0.242 e. The topological polar surface area (TPSA) is 49.4 Å². The first-order chi connectivity index (χ1) is 13.8. The molecule has 5 heteroatoms. The van der Waals surface area contributed by atoms with Crippen molar-refractivity contribution in [3.05, 3.63) is 71.0 Å². The number of hydrogen-bond acceptors (Lipinski definition) is 2. The normalized spacial score (nSPS) is 11.9. The highest BCUT2D eigenvalue weighted by atomic mass is 19.1. The van der Waals surface area contributed by atoms with E-state index in [4.69, 9.17) is 0 Å².